The molecule has 0 aliphatic rings. The molecule has 4 nitrogen and oxygen atoms in total. The molecule has 0 aliphatic carbocycles. The van der Waals surface area contributed by atoms with E-state index in [1.54, 1.807) is 18.2 Å². The van der Waals surface area contributed by atoms with E-state index >= 15 is 0 Å². The van der Waals surface area contributed by atoms with E-state index in [9.17, 15) is 4.79 Å². The van der Waals surface area contributed by atoms with Crippen LogP contribution in [0.25, 0.3) is 0 Å². The number of hydrogen-bond acceptors (Lipinski definition) is 3. The summed E-state index contributed by atoms with van der Waals surface area (Å²) in [5, 5.41) is 3.31. The molecule has 1 unspecified atom stereocenters. The van der Waals surface area contributed by atoms with Crippen molar-refractivity contribution in [2.75, 3.05) is 17.6 Å². The van der Waals surface area contributed by atoms with Crippen molar-refractivity contribution in [2.24, 2.45) is 11.7 Å². The minimum atomic E-state index is -0.427. The maximum absolute atomic E-state index is 11.4. The van der Waals surface area contributed by atoms with Gasteiger partial charge < -0.3 is 16.8 Å². The number of anilines is 2. The standard InChI is InChI=1S/C15H25N3O/c1-3-5-6-11(4-2)10-18-14-9-12(16)7-8-13(14)15(17)19/h7-9,11,18H,3-6,10,16H2,1-2H3,(H2,17,19). The van der Waals surface area contributed by atoms with E-state index in [2.05, 4.69) is 19.2 Å². The van der Waals surface area contributed by atoms with Gasteiger partial charge in [0.15, 0.2) is 0 Å². The van der Waals surface area contributed by atoms with Gasteiger partial charge in [0.1, 0.15) is 0 Å². The summed E-state index contributed by atoms with van der Waals surface area (Å²) >= 11 is 0. The van der Waals surface area contributed by atoms with E-state index in [1.807, 2.05) is 0 Å². The first-order chi connectivity index (χ1) is 9.08. The third-order valence-corrected chi connectivity index (χ3v) is 3.43. The van der Waals surface area contributed by atoms with Crippen molar-refractivity contribution in [3.63, 3.8) is 0 Å². The van der Waals surface area contributed by atoms with Gasteiger partial charge >= 0.3 is 0 Å². The Morgan fingerprint density at radius 1 is 1.37 bits per heavy atom. The molecule has 19 heavy (non-hydrogen) atoms. The van der Waals surface area contributed by atoms with E-state index in [-0.39, 0.29) is 0 Å². The molecule has 0 radical (unpaired) electrons. The molecule has 0 fully saturated rings. The van der Waals surface area contributed by atoms with Crippen molar-refractivity contribution < 1.29 is 4.79 Å². The highest BCUT2D eigenvalue weighted by molar-refractivity contribution is 5.99. The summed E-state index contributed by atoms with van der Waals surface area (Å²) in [6.07, 6.45) is 4.77. The number of rotatable bonds is 8. The fourth-order valence-electron chi connectivity index (χ4n) is 2.12. The first-order valence-electron chi connectivity index (χ1n) is 7.01. The lowest BCUT2D eigenvalue weighted by atomic mass is 9.99. The molecule has 1 amide bonds. The lowest BCUT2D eigenvalue weighted by Gasteiger charge is -2.17. The number of unbranched alkanes of at least 4 members (excludes halogenated alkanes) is 1. The van der Waals surface area contributed by atoms with Gasteiger partial charge in [-0.15, -0.1) is 0 Å². The first-order valence-corrected chi connectivity index (χ1v) is 7.01. The molecular weight excluding hydrogens is 238 g/mol. The van der Waals surface area contributed by atoms with Crippen LogP contribution in [0.3, 0.4) is 0 Å². The monoisotopic (exact) mass is 263 g/mol. The smallest absolute Gasteiger partial charge is 0.250 e. The number of amides is 1. The third kappa shape index (κ3) is 4.81. The fraction of sp³-hybridized carbons (Fsp3) is 0.533. The molecule has 1 aromatic rings. The lowest BCUT2D eigenvalue weighted by Crippen LogP contribution is -2.18. The Kier molecular flexibility index (Phi) is 6.19. The quantitative estimate of drug-likeness (QED) is 0.631. The average Bonchev–Trinajstić information content (AvgIpc) is 2.38. The number of hydrogen-bond donors (Lipinski definition) is 3. The second-order valence-electron chi connectivity index (χ2n) is 4.97. The highest BCUT2D eigenvalue weighted by Gasteiger charge is 2.10. The molecule has 1 rings (SSSR count). The van der Waals surface area contributed by atoms with Crippen LogP contribution in [0.1, 0.15) is 49.9 Å². The molecule has 0 bridgehead atoms. The number of nitrogen functional groups attached to an aromatic ring is 1. The maximum Gasteiger partial charge on any atom is 0.250 e. The van der Waals surface area contributed by atoms with Crippen molar-refractivity contribution in [1.82, 2.24) is 0 Å². The summed E-state index contributed by atoms with van der Waals surface area (Å²) in [7, 11) is 0. The Labute approximate surface area is 115 Å². The van der Waals surface area contributed by atoms with Crippen LogP contribution in [0.5, 0.6) is 0 Å². The van der Waals surface area contributed by atoms with Crippen molar-refractivity contribution >= 4 is 17.3 Å². The van der Waals surface area contributed by atoms with Crippen molar-refractivity contribution in [3.05, 3.63) is 23.8 Å². The number of carbonyl (C=O) groups excluding carboxylic acids is 1. The van der Waals surface area contributed by atoms with Gasteiger partial charge in [-0.25, -0.2) is 0 Å². The first kappa shape index (κ1) is 15.3. The minimum Gasteiger partial charge on any atom is -0.399 e. The van der Waals surface area contributed by atoms with Gasteiger partial charge in [-0.05, 0) is 30.5 Å². The van der Waals surface area contributed by atoms with Gasteiger partial charge in [-0.3, -0.25) is 4.79 Å². The Bertz CT molecular complexity index is 418. The Balaban J connectivity index is 2.70. The van der Waals surface area contributed by atoms with Gasteiger partial charge in [-0.2, -0.15) is 0 Å². The van der Waals surface area contributed by atoms with Gasteiger partial charge in [0, 0.05) is 17.9 Å². The number of carbonyl (C=O) groups is 1. The van der Waals surface area contributed by atoms with Gasteiger partial charge in [0.05, 0.1) is 5.56 Å². The molecule has 5 N–H and O–H groups in total. The summed E-state index contributed by atoms with van der Waals surface area (Å²) in [5.74, 6) is 0.186. The Morgan fingerprint density at radius 2 is 2.11 bits per heavy atom. The van der Waals surface area contributed by atoms with Crippen molar-refractivity contribution in [1.29, 1.82) is 0 Å². The summed E-state index contributed by atoms with van der Waals surface area (Å²) in [6.45, 7) is 5.24. The van der Waals surface area contributed by atoms with Gasteiger partial charge in [0.25, 0.3) is 5.91 Å². The zero-order valence-electron chi connectivity index (χ0n) is 11.9. The molecule has 1 aromatic carbocycles. The molecule has 0 saturated heterocycles. The lowest BCUT2D eigenvalue weighted by molar-refractivity contribution is 0.100. The van der Waals surface area contributed by atoms with Crippen LogP contribution in [-0.2, 0) is 0 Å². The van der Waals surface area contributed by atoms with Crippen LogP contribution in [0, 0.1) is 5.92 Å². The second-order valence-corrected chi connectivity index (χ2v) is 4.97. The minimum absolute atomic E-state index is 0.427. The number of nitrogens with one attached hydrogen (secondary N) is 1. The van der Waals surface area contributed by atoms with Crippen LogP contribution in [0.15, 0.2) is 18.2 Å². The van der Waals surface area contributed by atoms with Crippen LogP contribution >= 0.6 is 0 Å². The maximum atomic E-state index is 11.4. The average molecular weight is 263 g/mol. The molecule has 4 heteroatoms. The van der Waals surface area contributed by atoms with Crippen LogP contribution in [0.2, 0.25) is 0 Å². The SMILES string of the molecule is CCCCC(CC)CNc1cc(N)ccc1C(N)=O. The number of primary amides is 1. The summed E-state index contributed by atoms with van der Waals surface area (Å²) in [4.78, 5) is 11.4. The molecule has 0 aliphatic heterocycles. The van der Waals surface area contributed by atoms with Gasteiger partial charge in [0.2, 0.25) is 0 Å². The van der Waals surface area contributed by atoms with Crippen molar-refractivity contribution in [2.45, 2.75) is 39.5 Å². The van der Waals surface area contributed by atoms with Crippen LogP contribution in [-0.4, -0.2) is 12.5 Å². The zero-order chi connectivity index (χ0) is 14.3. The predicted octanol–water partition coefficient (Wildman–Crippen LogP) is 3.00. The largest absolute Gasteiger partial charge is 0.399 e. The molecule has 0 heterocycles. The summed E-state index contributed by atoms with van der Waals surface area (Å²) in [5.41, 5.74) is 13.0. The third-order valence-electron chi connectivity index (χ3n) is 3.43. The van der Waals surface area contributed by atoms with E-state index in [4.69, 9.17) is 11.5 Å². The Morgan fingerprint density at radius 3 is 2.68 bits per heavy atom. The topological polar surface area (TPSA) is 81.1 Å². The van der Waals surface area contributed by atoms with Crippen LogP contribution < -0.4 is 16.8 Å². The zero-order valence-corrected chi connectivity index (χ0v) is 11.9. The summed E-state index contributed by atoms with van der Waals surface area (Å²) < 4.78 is 0. The van der Waals surface area contributed by atoms with Gasteiger partial charge in [-0.1, -0.05) is 33.1 Å². The van der Waals surface area contributed by atoms with Crippen molar-refractivity contribution in [3.8, 4) is 0 Å². The highest BCUT2D eigenvalue weighted by atomic mass is 16.1. The molecule has 1 atom stereocenters. The number of benzene rings is 1. The van der Waals surface area contributed by atoms with E-state index < -0.39 is 5.91 Å². The molecular formula is C15H25N3O. The normalized spacial score (nSPS) is 12.1. The second kappa shape index (κ2) is 7.67. The van der Waals surface area contributed by atoms with Crippen LogP contribution in [0.4, 0.5) is 11.4 Å². The molecule has 0 saturated carbocycles. The fourth-order valence-corrected chi connectivity index (χ4v) is 2.12. The van der Waals surface area contributed by atoms with E-state index in [0.29, 0.717) is 17.2 Å². The molecule has 0 spiro atoms. The highest BCUT2D eigenvalue weighted by Crippen LogP contribution is 2.21. The number of nitrogens with two attached hydrogens (primary N) is 2. The van der Waals surface area contributed by atoms with E-state index in [0.717, 1.165) is 18.7 Å². The van der Waals surface area contributed by atoms with E-state index in [1.165, 1.54) is 19.3 Å². The molecule has 0 aromatic heterocycles. The molecule has 106 valence electrons. The Hall–Kier alpha value is -1.71. The summed E-state index contributed by atoms with van der Waals surface area (Å²) in [6, 6.07) is 5.14. The predicted molar refractivity (Wildman–Crippen MR) is 81.2 cm³/mol.